The van der Waals surface area contributed by atoms with E-state index < -0.39 is 0 Å². The van der Waals surface area contributed by atoms with Gasteiger partial charge in [-0.15, -0.1) is 0 Å². The minimum absolute atomic E-state index is 0.141. The van der Waals surface area contributed by atoms with E-state index >= 15 is 0 Å². The summed E-state index contributed by atoms with van der Waals surface area (Å²) in [4.78, 5) is 0. The van der Waals surface area contributed by atoms with Crippen LogP contribution in [0.2, 0.25) is 0 Å². The number of unbranched alkanes of at least 4 members (excludes halogenated alkanes) is 15. The van der Waals surface area contributed by atoms with Crippen molar-refractivity contribution in [2.24, 2.45) is 0 Å². The predicted octanol–water partition coefficient (Wildman–Crippen LogP) is 6.71. The highest BCUT2D eigenvalue weighted by molar-refractivity contribution is 5.98. The maximum atomic E-state index is 5.60. The lowest BCUT2D eigenvalue weighted by molar-refractivity contribution is 0.109. The third kappa shape index (κ3) is 18.4. The van der Waals surface area contributed by atoms with E-state index in [0.717, 1.165) is 10.5 Å². The van der Waals surface area contributed by atoms with Gasteiger partial charge in [0.15, 0.2) is 0 Å². The van der Waals surface area contributed by atoms with E-state index in [2.05, 4.69) is 20.8 Å². The van der Waals surface area contributed by atoms with Crippen LogP contribution >= 0.6 is 0 Å². The molecule has 0 amide bonds. The van der Waals surface area contributed by atoms with E-state index in [-0.39, 0.29) is 5.60 Å². The van der Waals surface area contributed by atoms with Gasteiger partial charge < -0.3 is 4.43 Å². The Balaban J connectivity index is 3.05. The highest BCUT2D eigenvalue weighted by Gasteiger charge is 2.13. The Hall–Kier alpha value is 0.177. The smallest absolute Gasteiger partial charge is 0.146 e. The Morgan fingerprint density at radius 3 is 1.17 bits per heavy atom. The standard InChI is InChI=1S/C21H46OSi/c1-4-5-6-7-8-9-10-11-12-13-14-15-16-17-18-19-20-21(2,3)22-23/h4-20H2,1-3,23H3. The molecule has 23 heavy (non-hydrogen) atoms. The molecule has 0 aromatic rings. The second-order valence-electron chi connectivity index (χ2n) is 8.02. The molecule has 0 aliphatic carbocycles. The van der Waals surface area contributed by atoms with Crippen molar-refractivity contribution < 1.29 is 4.43 Å². The first-order chi connectivity index (χ1) is 11.1. The third-order valence-corrected chi connectivity index (χ3v) is 6.29. The van der Waals surface area contributed by atoms with Gasteiger partial charge in [-0.2, -0.15) is 0 Å². The summed E-state index contributed by atoms with van der Waals surface area (Å²) in [6, 6.07) is 0. The lowest BCUT2D eigenvalue weighted by atomic mass is 9.99. The second kappa shape index (κ2) is 17.0. The van der Waals surface area contributed by atoms with Crippen molar-refractivity contribution in [3.8, 4) is 0 Å². The molecular weight excluding hydrogens is 296 g/mol. The zero-order chi connectivity index (χ0) is 17.2. The molecule has 0 saturated heterocycles. The maximum absolute atomic E-state index is 5.60. The highest BCUT2D eigenvalue weighted by Crippen LogP contribution is 2.18. The molecule has 0 fully saturated rings. The normalized spacial score (nSPS) is 12.1. The van der Waals surface area contributed by atoms with Crippen LogP contribution in [0.1, 0.15) is 130 Å². The van der Waals surface area contributed by atoms with Crippen LogP contribution in [-0.2, 0) is 4.43 Å². The Morgan fingerprint density at radius 1 is 0.565 bits per heavy atom. The number of rotatable bonds is 18. The summed E-state index contributed by atoms with van der Waals surface area (Å²) in [5, 5.41) is 0. The lowest BCUT2D eigenvalue weighted by Crippen LogP contribution is -2.22. The van der Waals surface area contributed by atoms with Gasteiger partial charge in [-0.1, -0.05) is 110 Å². The quantitative estimate of drug-likeness (QED) is 0.198. The number of hydrogen-bond donors (Lipinski definition) is 0. The summed E-state index contributed by atoms with van der Waals surface area (Å²) < 4.78 is 5.60. The van der Waals surface area contributed by atoms with Crippen molar-refractivity contribution in [1.82, 2.24) is 0 Å². The molecule has 0 aromatic heterocycles. The Bertz CT molecular complexity index is 228. The molecule has 0 atom stereocenters. The first kappa shape index (κ1) is 23.2. The van der Waals surface area contributed by atoms with Crippen LogP contribution in [0.3, 0.4) is 0 Å². The van der Waals surface area contributed by atoms with E-state index in [1.165, 1.54) is 109 Å². The molecule has 2 heteroatoms. The monoisotopic (exact) mass is 342 g/mol. The predicted molar refractivity (Wildman–Crippen MR) is 109 cm³/mol. The SMILES string of the molecule is CCCCCCCCCCCCCCCCCCC(C)(C)O[SiH3]. The molecular formula is C21H46OSi. The van der Waals surface area contributed by atoms with Crippen LogP contribution in [0.4, 0.5) is 0 Å². The lowest BCUT2D eigenvalue weighted by Gasteiger charge is -2.23. The fourth-order valence-electron chi connectivity index (χ4n) is 3.20. The van der Waals surface area contributed by atoms with Crippen LogP contribution < -0.4 is 0 Å². The number of hydrogen-bond acceptors (Lipinski definition) is 1. The van der Waals surface area contributed by atoms with Crippen LogP contribution in [0.15, 0.2) is 0 Å². The molecule has 0 radical (unpaired) electrons. The van der Waals surface area contributed by atoms with E-state index in [9.17, 15) is 0 Å². The average Bonchev–Trinajstić information content (AvgIpc) is 2.54. The fraction of sp³-hybridized carbons (Fsp3) is 1.00. The van der Waals surface area contributed by atoms with Gasteiger partial charge in [0.1, 0.15) is 10.5 Å². The highest BCUT2D eigenvalue weighted by atomic mass is 28.2. The Labute approximate surface area is 150 Å². The molecule has 0 unspecified atom stereocenters. The second-order valence-corrected chi connectivity index (χ2v) is 8.43. The summed E-state index contributed by atoms with van der Waals surface area (Å²) in [6.45, 7) is 6.75. The van der Waals surface area contributed by atoms with Gasteiger partial charge in [0.2, 0.25) is 0 Å². The summed E-state index contributed by atoms with van der Waals surface area (Å²) in [7, 11) is 0.868. The van der Waals surface area contributed by atoms with Crippen LogP contribution in [0.5, 0.6) is 0 Å². The van der Waals surface area contributed by atoms with Gasteiger partial charge in [-0.25, -0.2) is 0 Å². The van der Waals surface area contributed by atoms with E-state index in [1.807, 2.05) is 0 Å². The van der Waals surface area contributed by atoms with Crippen LogP contribution in [0.25, 0.3) is 0 Å². The average molecular weight is 343 g/mol. The van der Waals surface area contributed by atoms with Gasteiger partial charge in [0.05, 0.1) is 0 Å². The van der Waals surface area contributed by atoms with Crippen molar-refractivity contribution in [2.45, 2.75) is 136 Å². The van der Waals surface area contributed by atoms with Crippen molar-refractivity contribution in [1.29, 1.82) is 0 Å². The molecule has 0 rings (SSSR count). The first-order valence-electron chi connectivity index (χ1n) is 10.7. The molecule has 0 spiro atoms. The molecule has 140 valence electrons. The summed E-state index contributed by atoms with van der Waals surface area (Å²) in [5.41, 5.74) is 0.141. The van der Waals surface area contributed by atoms with Gasteiger partial charge >= 0.3 is 0 Å². The topological polar surface area (TPSA) is 9.23 Å². The molecule has 0 heterocycles. The largest absolute Gasteiger partial charge is 0.423 e. The van der Waals surface area contributed by atoms with E-state index in [1.54, 1.807) is 0 Å². The molecule has 0 aliphatic heterocycles. The summed E-state index contributed by atoms with van der Waals surface area (Å²) in [6.07, 6.45) is 24.3. The molecule has 0 saturated carbocycles. The Kier molecular flexibility index (Phi) is 17.1. The third-order valence-electron chi connectivity index (χ3n) is 5.18. The first-order valence-corrected chi connectivity index (χ1v) is 11.5. The summed E-state index contributed by atoms with van der Waals surface area (Å²) >= 11 is 0. The van der Waals surface area contributed by atoms with Gasteiger partial charge in [0, 0.05) is 5.60 Å². The molecule has 0 aromatic carbocycles. The minimum atomic E-state index is 0.141. The molecule has 0 N–H and O–H groups in total. The molecule has 0 bridgehead atoms. The maximum Gasteiger partial charge on any atom is 0.146 e. The Morgan fingerprint density at radius 2 is 0.870 bits per heavy atom. The van der Waals surface area contributed by atoms with E-state index in [0.29, 0.717) is 0 Å². The zero-order valence-corrected chi connectivity index (χ0v) is 18.9. The van der Waals surface area contributed by atoms with Crippen LogP contribution in [0, 0.1) is 0 Å². The minimum Gasteiger partial charge on any atom is -0.423 e. The zero-order valence-electron chi connectivity index (χ0n) is 16.9. The van der Waals surface area contributed by atoms with Gasteiger partial charge in [-0.05, 0) is 20.3 Å². The fourth-order valence-corrected chi connectivity index (χ4v) is 3.41. The van der Waals surface area contributed by atoms with Crippen molar-refractivity contribution >= 4 is 10.5 Å². The molecule has 1 nitrogen and oxygen atoms in total. The summed E-state index contributed by atoms with van der Waals surface area (Å²) in [5.74, 6) is 0. The van der Waals surface area contributed by atoms with Gasteiger partial charge in [0.25, 0.3) is 0 Å². The van der Waals surface area contributed by atoms with Crippen molar-refractivity contribution in [3.63, 3.8) is 0 Å². The van der Waals surface area contributed by atoms with Crippen molar-refractivity contribution in [3.05, 3.63) is 0 Å². The van der Waals surface area contributed by atoms with E-state index in [4.69, 9.17) is 4.43 Å². The molecule has 0 aliphatic rings. The van der Waals surface area contributed by atoms with Gasteiger partial charge in [-0.3, -0.25) is 0 Å². The van der Waals surface area contributed by atoms with Crippen LogP contribution in [-0.4, -0.2) is 16.1 Å². The van der Waals surface area contributed by atoms with Crippen molar-refractivity contribution in [2.75, 3.05) is 0 Å².